The number of carbonyl (C=O) groups excluding carboxylic acids is 3. The Hall–Kier alpha value is -2.67. The van der Waals surface area contributed by atoms with Crippen LogP contribution in [0.2, 0.25) is 0 Å². The molecule has 0 spiro atoms. The standard InChI is InChI=1S/C26H40N4O3/c1-5-19(2)23-26(33)30(4)20(3)24(31)29-22(18-21-14-10-9-11-15-21)25(32)28-17-13-8-6-7-12-16-27-23/h8-11,13-15,19-20,22-23,27H,5-7,12,16-18H2,1-4H3,(H,28,32)(H,29,31)/b13-8-/t19-,20+,22+,23-/m0/s1. The molecule has 0 saturated heterocycles. The van der Waals surface area contributed by atoms with Crippen molar-refractivity contribution < 1.29 is 14.4 Å². The first-order valence-corrected chi connectivity index (χ1v) is 12.1. The number of nitrogens with zero attached hydrogens (tertiary/aromatic N) is 1. The van der Waals surface area contributed by atoms with Crippen molar-refractivity contribution in [3.63, 3.8) is 0 Å². The van der Waals surface area contributed by atoms with Crippen LogP contribution in [0.25, 0.3) is 0 Å². The fourth-order valence-corrected chi connectivity index (χ4v) is 3.83. The van der Waals surface area contributed by atoms with Crippen molar-refractivity contribution in [3.05, 3.63) is 48.0 Å². The van der Waals surface area contributed by atoms with Crippen molar-refractivity contribution in [1.29, 1.82) is 0 Å². The molecule has 1 aliphatic rings. The Morgan fingerprint density at radius 2 is 1.79 bits per heavy atom. The lowest BCUT2D eigenvalue weighted by molar-refractivity contribution is -0.141. The SMILES string of the molecule is CC[C@H](C)[C@@H]1NCCCC/C=C\CNC(=O)[C@@H](Cc2ccccc2)NC(=O)[C@@H](C)N(C)C1=O. The quantitative estimate of drug-likeness (QED) is 0.607. The largest absolute Gasteiger partial charge is 0.351 e. The third kappa shape index (κ3) is 8.31. The van der Waals surface area contributed by atoms with E-state index in [1.165, 1.54) is 4.90 Å². The molecule has 2 rings (SSSR count). The summed E-state index contributed by atoms with van der Waals surface area (Å²) in [7, 11) is 1.66. The van der Waals surface area contributed by atoms with Crippen LogP contribution < -0.4 is 16.0 Å². The van der Waals surface area contributed by atoms with Crippen molar-refractivity contribution in [2.45, 2.75) is 71.0 Å². The summed E-state index contributed by atoms with van der Waals surface area (Å²) in [5.74, 6) is -0.528. The van der Waals surface area contributed by atoms with Crippen LogP contribution >= 0.6 is 0 Å². The maximum absolute atomic E-state index is 13.3. The van der Waals surface area contributed by atoms with Crippen LogP contribution in [0.1, 0.15) is 52.0 Å². The van der Waals surface area contributed by atoms with Gasteiger partial charge in [-0.3, -0.25) is 14.4 Å². The van der Waals surface area contributed by atoms with Crippen LogP contribution in [0.3, 0.4) is 0 Å². The van der Waals surface area contributed by atoms with Gasteiger partial charge in [-0.15, -0.1) is 0 Å². The van der Waals surface area contributed by atoms with E-state index in [2.05, 4.69) is 35.9 Å². The number of rotatable bonds is 4. The topological polar surface area (TPSA) is 90.5 Å². The average Bonchev–Trinajstić information content (AvgIpc) is 2.83. The summed E-state index contributed by atoms with van der Waals surface area (Å²) in [6.07, 6.45) is 8.13. The van der Waals surface area contributed by atoms with Gasteiger partial charge in [0.1, 0.15) is 12.1 Å². The van der Waals surface area contributed by atoms with Gasteiger partial charge in [0.25, 0.3) is 0 Å². The van der Waals surface area contributed by atoms with Crippen LogP contribution in [-0.4, -0.2) is 60.9 Å². The lowest BCUT2D eigenvalue weighted by atomic mass is 9.97. The number of allylic oxidation sites excluding steroid dienone is 1. The highest BCUT2D eigenvalue weighted by atomic mass is 16.2. The molecule has 4 atom stereocenters. The molecule has 0 aliphatic carbocycles. The zero-order valence-electron chi connectivity index (χ0n) is 20.5. The summed E-state index contributed by atoms with van der Waals surface area (Å²) >= 11 is 0. The lowest BCUT2D eigenvalue weighted by Gasteiger charge is -2.32. The van der Waals surface area contributed by atoms with Crippen LogP contribution in [0.4, 0.5) is 0 Å². The first-order chi connectivity index (χ1) is 15.8. The molecule has 0 saturated carbocycles. The molecule has 0 bridgehead atoms. The monoisotopic (exact) mass is 456 g/mol. The molecule has 0 fully saturated rings. The Bertz CT molecular complexity index is 796. The van der Waals surface area contributed by atoms with Gasteiger partial charge in [0.2, 0.25) is 17.7 Å². The summed E-state index contributed by atoms with van der Waals surface area (Å²) in [6.45, 7) is 6.99. The minimum absolute atomic E-state index is 0.0970. The number of hydrogen-bond acceptors (Lipinski definition) is 4. The summed E-state index contributed by atoms with van der Waals surface area (Å²) in [4.78, 5) is 40.8. The number of benzene rings is 1. The maximum atomic E-state index is 13.3. The van der Waals surface area contributed by atoms with Crippen LogP contribution in [0.5, 0.6) is 0 Å². The normalized spacial score (nSPS) is 26.1. The second-order valence-corrected chi connectivity index (χ2v) is 8.91. The van der Waals surface area contributed by atoms with E-state index < -0.39 is 12.1 Å². The molecule has 0 aromatic heterocycles. The average molecular weight is 457 g/mol. The number of carbonyl (C=O) groups is 3. The smallest absolute Gasteiger partial charge is 0.243 e. The summed E-state index contributed by atoms with van der Waals surface area (Å²) < 4.78 is 0. The van der Waals surface area contributed by atoms with Crippen molar-refractivity contribution >= 4 is 17.7 Å². The van der Waals surface area contributed by atoms with Gasteiger partial charge in [0.05, 0.1) is 6.04 Å². The molecule has 33 heavy (non-hydrogen) atoms. The van der Waals surface area contributed by atoms with Gasteiger partial charge < -0.3 is 20.9 Å². The molecule has 7 heteroatoms. The first-order valence-electron chi connectivity index (χ1n) is 12.1. The molecule has 1 heterocycles. The molecule has 182 valence electrons. The van der Waals surface area contributed by atoms with Crippen LogP contribution in [0.15, 0.2) is 42.5 Å². The third-order valence-electron chi connectivity index (χ3n) is 6.43. The lowest BCUT2D eigenvalue weighted by Crippen LogP contribution is -2.57. The van der Waals surface area contributed by atoms with Crippen LogP contribution in [0, 0.1) is 5.92 Å². The summed E-state index contributed by atoms with van der Waals surface area (Å²) in [6, 6.07) is 7.84. The predicted molar refractivity (Wildman–Crippen MR) is 132 cm³/mol. The highest BCUT2D eigenvalue weighted by Crippen LogP contribution is 2.13. The number of amides is 3. The molecule has 3 amide bonds. The van der Waals surface area contributed by atoms with Gasteiger partial charge in [-0.1, -0.05) is 62.8 Å². The van der Waals surface area contributed by atoms with E-state index in [1.54, 1.807) is 14.0 Å². The van der Waals surface area contributed by atoms with Gasteiger partial charge >= 0.3 is 0 Å². The van der Waals surface area contributed by atoms with Gasteiger partial charge in [0.15, 0.2) is 0 Å². The minimum atomic E-state index is -0.724. The fraction of sp³-hybridized carbons (Fsp3) is 0.577. The molecule has 1 aromatic rings. The van der Waals surface area contributed by atoms with Gasteiger partial charge in [-0.25, -0.2) is 0 Å². The highest BCUT2D eigenvalue weighted by Gasteiger charge is 2.32. The van der Waals surface area contributed by atoms with E-state index in [-0.39, 0.29) is 29.7 Å². The van der Waals surface area contributed by atoms with E-state index in [0.29, 0.717) is 13.0 Å². The molecular formula is C26H40N4O3. The van der Waals surface area contributed by atoms with Gasteiger partial charge in [0, 0.05) is 20.0 Å². The zero-order valence-corrected chi connectivity index (χ0v) is 20.5. The third-order valence-corrected chi connectivity index (χ3v) is 6.43. The first kappa shape index (κ1) is 26.6. The molecule has 3 N–H and O–H groups in total. The molecule has 1 aromatic carbocycles. The van der Waals surface area contributed by atoms with Gasteiger partial charge in [-0.05, 0) is 44.2 Å². The summed E-state index contributed by atoms with van der Waals surface area (Å²) in [5, 5.41) is 9.19. The molecular weight excluding hydrogens is 416 g/mol. The van der Waals surface area contributed by atoms with E-state index in [9.17, 15) is 14.4 Å². The van der Waals surface area contributed by atoms with Crippen molar-refractivity contribution in [2.24, 2.45) is 5.92 Å². The predicted octanol–water partition coefficient (Wildman–Crippen LogP) is 2.42. The van der Waals surface area contributed by atoms with E-state index in [4.69, 9.17) is 0 Å². The Morgan fingerprint density at radius 1 is 1.06 bits per heavy atom. The zero-order chi connectivity index (χ0) is 24.2. The summed E-state index contributed by atoms with van der Waals surface area (Å²) in [5.41, 5.74) is 0.956. The fourth-order valence-electron chi connectivity index (χ4n) is 3.83. The second kappa shape index (κ2) is 13.8. The molecule has 7 nitrogen and oxygen atoms in total. The van der Waals surface area contributed by atoms with Crippen molar-refractivity contribution in [1.82, 2.24) is 20.9 Å². The van der Waals surface area contributed by atoms with E-state index >= 15 is 0 Å². The van der Waals surface area contributed by atoms with E-state index in [1.807, 2.05) is 36.4 Å². The van der Waals surface area contributed by atoms with Crippen LogP contribution in [-0.2, 0) is 20.8 Å². The van der Waals surface area contributed by atoms with Crippen molar-refractivity contribution in [2.75, 3.05) is 20.1 Å². The van der Waals surface area contributed by atoms with E-state index in [0.717, 1.165) is 37.8 Å². The Kier molecular flexibility index (Phi) is 11.1. The van der Waals surface area contributed by atoms with Crippen molar-refractivity contribution in [3.8, 4) is 0 Å². The van der Waals surface area contributed by atoms with Gasteiger partial charge in [-0.2, -0.15) is 0 Å². The Morgan fingerprint density at radius 3 is 2.48 bits per heavy atom. The number of nitrogens with one attached hydrogen (secondary N) is 3. The molecule has 0 unspecified atom stereocenters. The Balaban J connectivity index is 2.23. The Labute approximate surface area is 198 Å². The second-order valence-electron chi connectivity index (χ2n) is 8.91. The highest BCUT2D eigenvalue weighted by molar-refractivity contribution is 5.93. The minimum Gasteiger partial charge on any atom is -0.351 e. The maximum Gasteiger partial charge on any atom is 0.243 e. The number of hydrogen-bond donors (Lipinski definition) is 3. The molecule has 1 aliphatic heterocycles. The number of likely N-dealkylation sites (N-methyl/N-ethyl adjacent to an activating group) is 1. The molecule has 0 radical (unpaired) electrons.